The summed E-state index contributed by atoms with van der Waals surface area (Å²) in [5, 5.41) is 0. The zero-order valence-electron chi connectivity index (χ0n) is 9.46. The molecule has 15 heavy (non-hydrogen) atoms. The van der Waals surface area contributed by atoms with Gasteiger partial charge in [0.25, 0.3) is 0 Å². The Kier molecular flexibility index (Phi) is 2.94. The maximum Gasteiger partial charge on any atom is 0.149 e. The van der Waals surface area contributed by atoms with E-state index in [9.17, 15) is 4.39 Å². The van der Waals surface area contributed by atoms with Gasteiger partial charge in [-0.3, -0.25) is 0 Å². The van der Waals surface area contributed by atoms with Gasteiger partial charge in [0.05, 0.1) is 5.69 Å². The summed E-state index contributed by atoms with van der Waals surface area (Å²) in [7, 11) is 2.01. The molecule has 0 saturated heterocycles. The summed E-state index contributed by atoms with van der Waals surface area (Å²) < 4.78 is 13.9. The Morgan fingerprint density at radius 3 is 2.60 bits per heavy atom. The second-order valence-electron chi connectivity index (χ2n) is 4.46. The Labute approximate surface area is 90.9 Å². The van der Waals surface area contributed by atoms with E-state index in [1.54, 1.807) is 0 Å². The molecule has 1 aliphatic carbocycles. The molecule has 1 fully saturated rings. The SMILES string of the molecule is Cc1cccc(N(C)C2CCCC2)c1F. The highest BCUT2D eigenvalue weighted by atomic mass is 19.1. The summed E-state index contributed by atoms with van der Waals surface area (Å²) >= 11 is 0. The fourth-order valence-corrected chi connectivity index (χ4v) is 2.39. The maximum atomic E-state index is 13.9. The molecule has 0 aliphatic heterocycles. The molecule has 1 aromatic rings. The Bertz CT molecular complexity index is 342. The second kappa shape index (κ2) is 4.21. The van der Waals surface area contributed by atoms with Crippen LogP contribution in [0, 0.1) is 12.7 Å². The molecule has 1 aliphatic rings. The molecule has 0 bridgehead atoms. The van der Waals surface area contributed by atoms with E-state index < -0.39 is 0 Å². The van der Waals surface area contributed by atoms with Gasteiger partial charge >= 0.3 is 0 Å². The van der Waals surface area contributed by atoms with E-state index in [1.807, 2.05) is 32.2 Å². The lowest BCUT2D eigenvalue weighted by Crippen LogP contribution is -2.29. The van der Waals surface area contributed by atoms with Crippen molar-refractivity contribution in [3.63, 3.8) is 0 Å². The van der Waals surface area contributed by atoms with Crippen molar-refractivity contribution in [3.05, 3.63) is 29.6 Å². The highest BCUT2D eigenvalue weighted by Crippen LogP contribution is 2.29. The van der Waals surface area contributed by atoms with Gasteiger partial charge in [-0.25, -0.2) is 4.39 Å². The van der Waals surface area contributed by atoms with Crippen LogP contribution in [0.15, 0.2) is 18.2 Å². The molecule has 0 unspecified atom stereocenters. The van der Waals surface area contributed by atoms with Crippen molar-refractivity contribution in [2.75, 3.05) is 11.9 Å². The molecular formula is C13H18FN. The largest absolute Gasteiger partial charge is 0.369 e. The van der Waals surface area contributed by atoms with Crippen LogP contribution in [0.4, 0.5) is 10.1 Å². The van der Waals surface area contributed by atoms with Crippen LogP contribution in [-0.2, 0) is 0 Å². The van der Waals surface area contributed by atoms with Crippen molar-refractivity contribution >= 4 is 5.69 Å². The van der Waals surface area contributed by atoms with Crippen molar-refractivity contribution in [1.82, 2.24) is 0 Å². The zero-order chi connectivity index (χ0) is 10.8. The Hall–Kier alpha value is -1.05. The smallest absolute Gasteiger partial charge is 0.149 e. The van der Waals surface area contributed by atoms with Crippen LogP contribution in [0.25, 0.3) is 0 Å². The molecule has 0 radical (unpaired) electrons. The molecule has 0 atom stereocenters. The minimum atomic E-state index is -0.0631. The lowest BCUT2D eigenvalue weighted by Gasteiger charge is -2.27. The first-order chi connectivity index (χ1) is 7.20. The average Bonchev–Trinajstić information content (AvgIpc) is 2.74. The standard InChI is InChI=1S/C13H18FN/c1-10-6-5-9-12(13(10)14)15(2)11-7-3-4-8-11/h5-6,9,11H,3-4,7-8H2,1-2H3. The Balaban J connectivity index is 2.24. The topological polar surface area (TPSA) is 3.24 Å². The van der Waals surface area contributed by atoms with E-state index >= 15 is 0 Å². The highest BCUT2D eigenvalue weighted by Gasteiger charge is 2.21. The van der Waals surface area contributed by atoms with Crippen molar-refractivity contribution < 1.29 is 4.39 Å². The van der Waals surface area contributed by atoms with Gasteiger partial charge in [0, 0.05) is 13.1 Å². The van der Waals surface area contributed by atoms with Gasteiger partial charge in [-0.2, -0.15) is 0 Å². The molecule has 1 nitrogen and oxygen atoms in total. The van der Waals surface area contributed by atoms with Crippen molar-refractivity contribution in [3.8, 4) is 0 Å². The molecule has 1 aromatic carbocycles. The Morgan fingerprint density at radius 1 is 1.27 bits per heavy atom. The van der Waals surface area contributed by atoms with Gasteiger partial charge in [0.2, 0.25) is 0 Å². The minimum Gasteiger partial charge on any atom is -0.369 e. The third-order valence-electron chi connectivity index (χ3n) is 3.42. The molecule has 2 heteroatoms. The summed E-state index contributed by atoms with van der Waals surface area (Å²) in [6, 6.07) is 6.16. The summed E-state index contributed by atoms with van der Waals surface area (Å²) in [6.07, 6.45) is 4.96. The van der Waals surface area contributed by atoms with Crippen LogP contribution in [0.2, 0.25) is 0 Å². The van der Waals surface area contributed by atoms with E-state index in [-0.39, 0.29) is 5.82 Å². The normalized spacial score (nSPS) is 17.0. The maximum absolute atomic E-state index is 13.9. The van der Waals surface area contributed by atoms with Crippen molar-refractivity contribution in [1.29, 1.82) is 0 Å². The quantitative estimate of drug-likeness (QED) is 0.717. The van der Waals surface area contributed by atoms with Gasteiger partial charge in [0.15, 0.2) is 0 Å². The Morgan fingerprint density at radius 2 is 1.93 bits per heavy atom. The van der Waals surface area contributed by atoms with Gasteiger partial charge in [-0.1, -0.05) is 25.0 Å². The number of rotatable bonds is 2. The number of benzene rings is 1. The number of aryl methyl sites for hydroxylation is 1. The predicted octanol–water partition coefficient (Wildman–Crippen LogP) is 3.51. The molecule has 0 heterocycles. The number of hydrogen-bond acceptors (Lipinski definition) is 1. The molecule has 2 rings (SSSR count). The van der Waals surface area contributed by atoms with E-state index in [0.29, 0.717) is 6.04 Å². The van der Waals surface area contributed by atoms with Gasteiger partial charge < -0.3 is 4.90 Å². The monoisotopic (exact) mass is 207 g/mol. The zero-order valence-corrected chi connectivity index (χ0v) is 9.46. The van der Waals surface area contributed by atoms with E-state index in [4.69, 9.17) is 0 Å². The molecular weight excluding hydrogens is 189 g/mol. The fraction of sp³-hybridized carbons (Fsp3) is 0.538. The van der Waals surface area contributed by atoms with E-state index in [2.05, 4.69) is 4.90 Å². The van der Waals surface area contributed by atoms with E-state index in [0.717, 1.165) is 11.3 Å². The highest BCUT2D eigenvalue weighted by molar-refractivity contribution is 5.50. The third-order valence-corrected chi connectivity index (χ3v) is 3.42. The summed E-state index contributed by atoms with van der Waals surface area (Å²) in [4.78, 5) is 2.11. The van der Waals surface area contributed by atoms with E-state index in [1.165, 1.54) is 25.7 Å². The minimum absolute atomic E-state index is 0.0631. The fourth-order valence-electron chi connectivity index (χ4n) is 2.39. The summed E-state index contributed by atoms with van der Waals surface area (Å²) in [6.45, 7) is 1.82. The molecule has 0 spiro atoms. The summed E-state index contributed by atoms with van der Waals surface area (Å²) in [5.41, 5.74) is 1.49. The van der Waals surface area contributed by atoms with Gasteiger partial charge in [0.1, 0.15) is 5.82 Å². The number of hydrogen-bond donors (Lipinski definition) is 0. The molecule has 0 aromatic heterocycles. The van der Waals surface area contributed by atoms with Crippen LogP contribution in [0.1, 0.15) is 31.2 Å². The molecule has 1 saturated carbocycles. The number of nitrogens with zero attached hydrogens (tertiary/aromatic N) is 1. The van der Waals surface area contributed by atoms with Crippen LogP contribution in [-0.4, -0.2) is 13.1 Å². The van der Waals surface area contributed by atoms with Crippen LogP contribution in [0.3, 0.4) is 0 Å². The molecule has 82 valence electrons. The number of anilines is 1. The molecule has 0 N–H and O–H groups in total. The first-order valence-electron chi connectivity index (χ1n) is 5.68. The van der Waals surface area contributed by atoms with Crippen molar-refractivity contribution in [2.24, 2.45) is 0 Å². The lowest BCUT2D eigenvalue weighted by molar-refractivity contribution is 0.589. The van der Waals surface area contributed by atoms with Crippen LogP contribution < -0.4 is 4.90 Å². The first kappa shape index (κ1) is 10.5. The van der Waals surface area contributed by atoms with Crippen LogP contribution in [0.5, 0.6) is 0 Å². The lowest BCUT2D eigenvalue weighted by atomic mass is 10.1. The predicted molar refractivity (Wildman–Crippen MR) is 61.8 cm³/mol. The molecule has 0 amide bonds. The first-order valence-corrected chi connectivity index (χ1v) is 5.68. The third kappa shape index (κ3) is 1.99. The second-order valence-corrected chi connectivity index (χ2v) is 4.46. The van der Waals surface area contributed by atoms with Crippen LogP contribution >= 0.6 is 0 Å². The number of halogens is 1. The van der Waals surface area contributed by atoms with Gasteiger partial charge in [-0.05, 0) is 31.4 Å². The summed E-state index contributed by atoms with van der Waals surface area (Å²) in [5.74, 6) is -0.0631. The van der Waals surface area contributed by atoms with Gasteiger partial charge in [-0.15, -0.1) is 0 Å². The van der Waals surface area contributed by atoms with Crippen molar-refractivity contribution in [2.45, 2.75) is 38.6 Å². The average molecular weight is 207 g/mol.